The maximum absolute atomic E-state index is 5.00. The Labute approximate surface area is 290 Å². The molecule has 0 radical (unpaired) electrons. The Bertz CT molecular complexity index is 3130. The Morgan fingerprint density at radius 2 is 0.776 bits per heavy atom. The smallest absolute Gasteiger partial charge is 0.130 e. The van der Waals surface area contributed by atoms with Gasteiger partial charge in [0.05, 0.1) is 45.2 Å². The predicted molar refractivity (Wildman–Crippen MR) is 212 cm³/mol. The molecule has 12 aromatic rings. The average molecular weight is 679 g/mol. The molecule has 0 aliphatic carbocycles. The molecule has 7 aromatic carbocycles. The molecule has 0 aliphatic rings. The van der Waals surface area contributed by atoms with Crippen molar-refractivity contribution in [1.82, 2.24) is 17.9 Å². The summed E-state index contributed by atoms with van der Waals surface area (Å²) in [5, 5.41) is 10.2. The zero-order valence-corrected chi connectivity index (χ0v) is 28.2. The van der Waals surface area contributed by atoms with Crippen molar-refractivity contribution >= 4 is 129 Å². The van der Waals surface area contributed by atoms with Gasteiger partial charge in [-0.3, -0.25) is 0 Å². The molecule has 0 fully saturated rings. The van der Waals surface area contributed by atoms with Gasteiger partial charge in [0.1, 0.15) is 11.0 Å². The van der Waals surface area contributed by atoms with Crippen LogP contribution in [0, 0.1) is 0 Å². The molecule has 0 spiro atoms. The number of thiophene rings is 2. The van der Waals surface area contributed by atoms with Gasteiger partial charge < -0.3 is 9.13 Å². The van der Waals surface area contributed by atoms with E-state index in [-0.39, 0.29) is 0 Å². The molecule has 0 saturated carbocycles. The highest BCUT2D eigenvalue weighted by atomic mass is 32.1. The van der Waals surface area contributed by atoms with Gasteiger partial charge in [-0.25, -0.2) is 0 Å². The SMILES string of the molecule is c1ccc2c(c1)sc1cc3c(cc12)c1ccccc1n3-c1ccc(-n2c3ccccc3c3cc4c(cc32)sc2ccccc24)c2nsnc12. The van der Waals surface area contributed by atoms with Gasteiger partial charge in [0.2, 0.25) is 0 Å². The number of aromatic nitrogens is 4. The van der Waals surface area contributed by atoms with Gasteiger partial charge >= 0.3 is 0 Å². The fraction of sp³-hybridized carbons (Fsp3) is 0. The van der Waals surface area contributed by atoms with Crippen molar-refractivity contribution in [2.24, 2.45) is 0 Å². The van der Waals surface area contributed by atoms with E-state index in [0.717, 1.165) is 22.4 Å². The summed E-state index contributed by atoms with van der Waals surface area (Å²) in [5.74, 6) is 0. The minimum absolute atomic E-state index is 0.912. The van der Waals surface area contributed by atoms with Crippen LogP contribution in [-0.2, 0) is 0 Å². The highest BCUT2D eigenvalue weighted by Crippen LogP contribution is 2.44. The molecule has 5 aromatic heterocycles. The molecule has 0 N–H and O–H groups in total. The molecule has 228 valence electrons. The first kappa shape index (κ1) is 26.4. The van der Waals surface area contributed by atoms with Crippen molar-refractivity contribution in [3.63, 3.8) is 0 Å². The average Bonchev–Trinajstić information content (AvgIpc) is 3.96. The third-order valence-corrected chi connectivity index (χ3v) is 13.0. The second-order valence-electron chi connectivity index (χ2n) is 12.7. The maximum Gasteiger partial charge on any atom is 0.130 e. The van der Waals surface area contributed by atoms with Gasteiger partial charge in [-0.05, 0) is 60.7 Å². The number of para-hydroxylation sites is 2. The molecule has 4 nitrogen and oxygen atoms in total. The summed E-state index contributed by atoms with van der Waals surface area (Å²) in [6, 6.07) is 49.0. The van der Waals surface area contributed by atoms with Crippen LogP contribution in [0.5, 0.6) is 0 Å². The van der Waals surface area contributed by atoms with E-state index in [1.807, 2.05) is 22.7 Å². The summed E-state index contributed by atoms with van der Waals surface area (Å²) in [4.78, 5) is 0. The summed E-state index contributed by atoms with van der Waals surface area (Å²) in [6.07, 6.45) is 0. The summed E-state index contributed by atoms with van der Waals surface area (Å²) in [7, 11) is 0. The van der Waals surface area contributed by atoms with E-state index >= 15 is 0 Å². The summed E-state index contributed by atoms with van der Waals surface area (Å²) >= 11 is 5.00. The van der Waals surface area contributed by atoms with Crippen molar-refractivity contribution < 1.29 is 0 Å². The molecule has 0 saturated heterocycles. The largest absolute Gasteiger partial charge is 0.307 e. The fourth-order valence-electron chi connectivity index (χ4n) is 8.10. The second-order valence-corrected chi connectivity index (χ2v) is 15.4. The lowest BCUT2D eigenvalue weighted by atomic mass is 10.1. The number of fused-ring (bicyclic) bond motifs is 13. The van der Waals surface area contributed by atoms with Crippen LogP contribution in [0.25, 0.3) is 106 Å². The Kier molecular flexibility index (Phi) is 5.12. The molecule has 5 heterocycles. The maximum atomic E-state index is 5.00. The van der Waals surface area contributed by atoms with Gasteiger partial charge in [0.25, 0.3) is 0 Å². The lowest BCUT2D eigenvalue weighted by Gasteiger charge is -2.13. The number of benzene rings is 7. The third kappa shape index (κ3) is 3.46. The van der Waals surface area contributed by atoms with Crippen LogP contribution >= 0.6 is 34.4 Å². The van der Waals surface area contributed by atoms with Crippen molar-refractivity contribution in [1.29, 1.82) is 0 Å². The molecule has 0 bridgehead atoms. The van der Waals surface area contributed by atoms with E-state index in [1.54, 1.807) is 0 Å². The molecule has 0 unspecified atom stereocenters. The van der Waals surface area contributed by atoms with Crippen LogP contribution in [0.4, 0.5) is 0 Å². The van der Waals surface area contributed by atoms with Gasteiger partial charge in [0.15, 0.2) is 0 Å². The summed E-state index contributed by atoms with van der Waals surface area (Å²) in [6.45, 7) is 0. The van der Waals surface area contributed by atoms with Crippen molar-refractivity contribution in [2.75, 3.05) is 0 Å². The Balaban J connectivity index is 1.16. The quantitative estimate of drug-likeness (QED) is 0.182. The molecule has 0 atom stereocenters. The molecule has 7 heteroatoms. The van der Waals surface area contributed by atoms with Crippen molar-refractivity contribution in [3.8, 4) is 11.4 Å². The van der Waals surface area contributed by atoms with E-state index in [4.69, 9.17) is 8.75 Å². The molecule has 0 amide bonds. The van der Waals surface area contributed by atoms with Gasteiger partial charge in [-0.2, -0.15) is 8.75 Å². The van der Waals surface area contributed by atoms with E-state index < -0.39 is 0 Å². The van der Waals surface area contributed by atoms with E-state index in [2.05, 4.69) is 143 Å². The Morgan fingerprint density at radius 3 is 1.27 bits per heavy atom. The number of nitrogens with zero attached hydrogens (tertiary/aromatic N) is 4. The minimum atomic E-state index is 0.912. The monoisotopic (exact) mass is 678 g/mol. The van der Waals surface area contributed by atoms with Gasteiger partial charge in [-0.15, -0.1) is 22.7 Å². The van der Waals surface area contributed by atoms with Crippen molar-refractivity contribution in [3.05, 3.63) is 133 Å². The number of hydrogen-bond acceptors (Lipinski definition) is 5. The highest BCUT2D eigenvalue weighted by molar-refractivity contribution is 7.26. The Morgan fingerprint density at radius 1 is 0.347 bits per heavy atom. The van der Waals surface area contributed by atoms with Gasteiger partial charge in [-0.1, -0.05) is 72.8 Å². The van der Waals surface area contributed by atoms with Crippen LogP contribution in [0.2, 0.25) is 0 Å². The molecule has 49 heavy (non-hydrogen) atoms. The second kappa shape index (κ2) is 9.51. The first-order chi connectivity index (χ1) is 24.3. The van der Waals surface area contributed by atoms with Crippen LogP contribution in [0.1, 0.15) is 0 Å². The van der Waals surface area contributed by atoms with Crippen molar-refractivity contribution in [2.45, 2.75) is 0 Å². The van der Waals surface area contributed by atoms with E-state index in [9.17, 15) is 0 Å². The number of rotatable bonds is 2. The van der Waals surface area contributed by atoms with Crippen LogP contribution < -0.4 is 0 Å². The lowest BCUT2D eigenvalue weighted by molar-refractivity contribution is 1.16. The third-order valence-electron chi connectivity index (χ3n) is 10.2. The molecule has 12 rings (SSSR count). The molecule has 0 aliphatic heterocycles. The number of hydrogen-bond donors (Lipinski definition) is 0. The molecular formula is C42H22N4S3. The van der Waals surface area contributed by atoms with Gasteiger partial charge in [0, 0.05) is 61.9 Å². The lowest BCUT2D eigenvalue weighted by Crippen LogP contribution is -2.00. The summed E-state index contributed by atoms with van der Waals surface area (Å²) in [5.41, 5.74) is 8.64. The highest BCUT2D eigenvalue weighted by Gasteiger charge is 2.22. The fourth-order valence-corrected chi connectivity index (χ4v) is 10.9. The van der Waals surface area contributed by atoms with E-state index in [0.29, 0.717) is 0 Å². The first-order valence-electron chi connectivity index (χ1n) is 16.2. The Hall–Kier alpha value is -5.60. The predicted octanol–water partition coefficient (Wildman–Crippen LogP) is 12.6. The zero-order chi connectivity index (χ0) is 31.8. The topological polar surface area (TPSA) is 35.6 Å². The first-order valence-corrected chi connectivity index (χ1v) is 18.6. The minimum Gasteiger partial charge on any atom is -0.307 e. The summed E-state index contributed by atoms with van der Waals surface area (Å²) < 4.78 is 20.0. The van der Waals surface area contributed by atoms with E-state index in [1.165, 1.54) is 95.7 Å². The van der Waals surface area contributed by atoms with Crippen LogP contribution in [0.3, 0.4) is 0 Å². The van der Waals surface area contributed by atoms with Crippen LogP contribution in [-0.4, -0.2) is 17.9 Å². The van der Waals surface area contributed by atoms with Crippen LogP contribution in [0.15, 0.2) is 133 Å². The normalized spacial score (nSPS) is 12.5. The zero-order valence-electron chi connectivity index (χ0n) is 25.7. The molecular weight excluding hydrogens is 657 g/mol. The standard InChI is InChI=1S/C42H22N4S3/c1-5-13-31-23(9-1)27-19-29-25-11-3-7-15-37(25)47-39(29)21-35(27)45(31)33-17-18-34(42-41(33)43-49-44-42)46-32-14-6-2-10-24(32)28-20-30-26-12-4-8-16-38(26)48-40(30)22-36(28)46/h1-22H.